The number of nitrogens with one attached hydrogen (secondary N) is 2. The van der Waals surface area contributed by atoms with Crippen LogP contribution in [-0.4, -0.2) is 27.6 Å². The van der Waals surface area contributed by atoms with E-state index in [0.29, 0.717) is 18.9 Å². The third-order valence-electron chi connectivity index (χ3n) is 3.43. The van der Waals surface area contributed by atoms with E-state index >= 15 is 0 Å². The van der Waals surface area contributed by atoms with Crippen molar-refractivity contribution in [1.29, 1.82) is 0 Å². The molecule has 0 spiro atoms. The van der Waals surface area contributed by atoms with Crippen molar-refractivity contribution in [1.82, 2.24) is 20.5 Å². The molecule has 1 amide bonds. The third-order valence-corrected chi connectivity index (χ3v) is 3.43. The molecule has 1 aromatic heterocycles. The zero-order chi connectivity index (χ0) is 12.1. The van der Waals surface area contributed by atoms with Crippen molar-refractivity contribution in [2.24, 2.45) is 11.8 Å². The molecule has 5 nitrogen and oxygen atoms in total. The molecule has 2 N–H and O–H groups in total. The molecule has 1 fully saturated rings. The molecule has 1 saturated carbocycles. The Labute approximate surface area is 101 Å². The standard InChI is InChI=1S/C12H20N4O/c1-9-3-2-4-10(7-9)12(17)13-6-5-11-14-8-15-16-11/h8-10H,2-7H2,1H3,(H,13,17)(H,14,15,16)/t9-,10-/m1/s1. The van der Waals surface area contributed by atoms with Crippen molar-refractivity contribution >= 4 is 5.91 Å². The van der Waals surface area contributed by atoms with E-state index in [9.17, 15) is 4.79 Å². The van der Waals surface area contributed by atoms with Gasteiger partial charge in [-0.2, -0.15) is 5.10 Å². The maximum absolute atomic E-state index is 11.9. The lowest BCUT2D eigenvalue weighted by Crippen LogP contribution is -2.34. The van der Waals surface area contributed by atoms with Gasteiger partial charge in [0.2, 0.25) is 5.91 Å². The largest absolute Gasteiger partial charge is 0.355 e. The van der Waals surface area contributed by atoms with Crippen LogP contribution in [0.2, 0.25) is 0 Å². The van der Waals surface area contributed by atoms with E-state index in [4.69, 9.17) is 0 Å². The Kier molecular flexibility index (Phi) is 4.12. The number of carbonyl (C=O) groups excluding carboxylic acids is 1. The van der Waals surface area contributed by atoms with Gasteiger partial charge in [-0.3, -0.25) is 9.89 Å². The summed E-state index contributed by atoms with van der Waals surface area (Å²) in [6, 6.07) is 0. The van der Waals surface area contributed by atoms with E-state index in [1.54, 1.807) is 0 Å². The van der Waals surface area contributed by atoms with Gasteiger partial charge < -0.3 is 5.32 Å². The average Bonchev–Trinajstić information content (AvgIpc) is 2.82. The van der Waals surface area contributed by atoms with Gasteiger partial charge in [-0.25, -0.2) is 4.98 Å². The first kappa shape index (κ1) is 12.1. The van der Waals surface area contributed by atoms with Crippen molar-refractivity contribution in [3.63, 3.8) is 0 Å². The molecule has 0 aromatic carbocycles. The lowest BCUT2D eigenvalue weighted by molar-refractivity contribution is -0.126. The molecule has 1 heterocycles. The van der Waals surface area contributed by atoms with E-state index in [-0.39, 0.29) is 11.8 Å². The van der Waals surface area contributed by atoms with Crippen molar-refractivity contribution in [2.75, 3.05) is 6.54 Å². The van der Waals surface area contributed by atoms with Crippen molar-refractivity contribution in [2.45, 2.75) is 39.0 Å². The zero-order valence-corrected chi connectivity index (χ0v) is 10.3. The molecule has 0 aliphatic heterocycles. The molecule has 1 aliphatic carbocycles. The Balaban J connectivity index is 1.70. The van der Waals surface area contributed by atoms with Crippen molar-refractivity contribution in [3.05, 3.63) is 12.2 Å². The minimum Gasteiger partial charge on any atom is -0.355 e. The SMILES string of the molecule is C[C@@H]1CCC[C@@H](C(=O)NCCc2ncn[nH]2)C1. The van der Waals surface area contributed by atoms with Gasteiger partial charge in [0.1, 0.15) is 12.2 Å². The van der Waals surface area contributed by atoms with E-state index in [2.05, 4.69) is 27.4 Å². The number of hydrogen-bond acceptors (Lipinski definition) is 3. The van der Waals surface area contributed by atoms with Gasteiger partial charge in [-0.1, -0.05) is 19.8 Å². The van der Waals surface area contributed by atoms with Crippen LogP contribution in [0.3, 0.4) is 0 Å². The summed E-state index contributed by atoms with van der Waals surface area (Å²) in [4.78, 5) is 15.9. The van der Waals surface area contributed by atoms with Crippen LogP contribution in [0, 0.1) is 11.8 Å². The highest BCUT2D eigenvalue weighted by Gasteiger charge is 2.24. The second-order valence-corrected chi connectivity index (χ2v) is 4.94. The Morgan fingerprint density at radius 1 is 1.59 bits per heavy atom. The van der Waals surface area contributed by atoms with Gasteiger partial charge >= 0.3 is 0 Å². The highest BCUT2D eigenvalue weighted by molar-refractivity contribution is 5.78. The molecule has 2 rings (SSSR count). The maximum atomic E-state index is 11.9. The Hall–Kier alpha value is -1.39. The Bertz CT molecular complexity index is 349. The normalized spacial score (nSPS) is 24.5. The fraction of sp³-hybridized carbons (Fsp3) is 0.750. The molecule has 0 radical (unpaired) electrons. The molecule has 0 unspecified atom stereocenters. The first-order chi connectivity index (χ1) is 8.25. The number of hydrogen-bond donors (Lipinski definition) is 2. The van der Waals surface area contributed by atoms with Crippen LogP contribution in [-0.2, 0) is 11.2 Å². The highest BCUT2D eigenvalue weighted by atomic mass is 16.1. The van der Waals surface area contributed by atoms with E-state index in [0.717, 1.165) is 18.7 Å². The molecule has 0 bridgehead atoms. The van der Waals surface area contributed by atoms with Crippen LogP contribution < -0.4 is 5.32 Å². The fourth-order valence-corrected chi connectivity index (χ4v) is 2.47. The molecule has 5 heteroatoms. The molecule has 94 valence electrons. The number of carbonyl (C=O) groups is 1. The maximum Gasteiger partial charge on any atom is 0.223 e. The summed E-state index contributed by atoms with van der Waals surface area (Å²) in [5.74, 6) is 1.93. The van der Waals surface area contributed by atoms with Gasteiger partial charge in [-0.05, 0) is 18.8 Å². The first-order valence-electron chi connectivity index (χ1n) is 6.37. The van der Waals surface area contributed by atoms with Crippen LogP contribution in [0.25, 0.3) is 0 Å². The topological polar surface area (TPSA) is 70.7 Å². The van der Waals surface area contributed by atoms with Gasteiger partial charge in [0.05, 0.1) is 0 Å². The number of rotatable bonds is 4. The van der Waals surface area contributed by atoms with Gasteiger partial charge in [0.15, 0.2) is 0 Å². The lowest BCUT2D eigenvalue weighted by atomic mass is 9.82. The Morgan fingerprint density at radius 2 is 2.47 bits per heavy atom. The average molecular weight is 236 g/mol. The second kappa shape index (κ2) is 5.80. The number of nitrogens with zero attached hydrogens (tertiary/aromatic N) is 2. The number of aromatic nitrogens is 3. The lowest BCUT2D eigenvalue weighted by Gasteiger charge is -2.25. The summed E-state index contributed by atoms with van der Waals surface area (Å²) >= 11 is 0. The van der Waals surface area contributed by atoms with Gasteiger partial charge in [0.25, 0.3) is 0 Å². The van der Waals surface area contributed by atoms with Crippen LogP contribution in [0.4, 0.5) is 0 Å². The zero-order valence-electron chi connectivity index (χ0n) is 10.3. The van der Waals surface area contributed by atoms with E-state index in [1.807, 2.05) is 0 Å². The molecule has 1 aromatic rings. The summed E-state index contributed by atoms with van der Waals surface area (Å²) in [5.41, 5.74) is 0. The predicted octanol–water partition coefficient (Wildman–Crippen LogP) is 1.29. The summed E-state index contributed by atoms with van der Waals surface area (Å²) in [5, 5.41) is 9.54. The second-order valence-electron chi connectivity index (χ2n) is 4.94. The molecule has 2 atom stereocenters. The number of amides is 1. The predicted molar refractivity (Wildman–Crippen MR) is 64.2 cm³/mol. The van der Waals surface area contributed by atoms with Crippen LogP contribution in [0.5, 0.6) is 0 Å². The number of H-pyrrole nitrogens is 1. The van der Waals surface area contributed by atoms with Crippen molar-refractivity contribution < 1.29 is 4.79 Å². The van der Waals surface area contributed by atoms with Gasteiger partial charge in [-0.15, -0.1) is 0 Å². The molecular weight excluding hydrogens is 216 g/mol. The van der Waals surface area contributed by atoms with Crippen LogP contribution in [0.1, 0.15) is 38.4 Å². The molecule has 1 aliphatic rings. The minimum absolute atomic E-state index is 0.205. The van der Waals surface area contributed by atoms with E-state index in [1.165, 1.54) is 19.2 Å². The number of aromatic amines is 1. The van der Waals surface area contributed by atoms with Crippen LogP contribution >= 0.6 is 0 Å². The van der Waals surface area contributed by atoms with Gasteiger partial charge in [0, 0.05) is 18.9 Å². The monoisotopic (exact) mass is 236 g/mol. The van der Waals surface area contributed by atoms with Crippen molar-refractivity contribution in [3.8, 4) is 0 Å². The first-order valence-corrected chi connectivity index (χ1v) is 6.37. The summed E-state index contributed by atoms with van der Waals surface area (Å²) in [7, 11) is 0. The molecular formula is C12H20N4O. The summed E-state index contributed by atoms with van der Waals surface area (Å²) in [6.45, 7) is 2.87. The fourth-order valence-electron chi connectivity index (χ4n) is 2.47. The van der Waals surface area contributed by atoms with E-state index < -0.39 is 0 Å². The quantitative estimate of drug-likeness (QED) is 0.827. The minimum atomic E-state index is 0.205. The van der Waals surface area contributed by atoms with Crippen LogP contribution in [0.15, 0.2) is 6.33 Å². The third kappa shape index (κ3) is 3.54. The highest BCUT2D eigenvalue weighted by Crippen LogP contribution is 2.28. The Morgan fingerprint density at radius 3 is 3.18 bits per heavy atom. The smallest absolute Gasteiger partial charge is 0.223 e. The summed E-state index contributed by atoms with van der Waals surface area (Å²) < 4.78 is 0. The summed E-state index contributed by atoms with van der Waals surface area (Å²) in [6.07, 6.45) is 6.73. The molecule has 0 saturated heterocycles. The molecule has 17 heavy (non-hydrogen) atoms.